The Morgan fingerprint density at radius 1 is 1.60 bits per heavy atom. The van der Waals surface area contributed by atoms with Gasteiger partial charge in [-0.3, -0.25) is 0 Å². The van der Waals surface area contributed by atoms with Gasteiger partial charge >= 0.3 is 0 Å². The number of aliphatic hydroxyl groups excluding tert-OH is 1. The molecule has 0 unspecified atom stereocenters. The van der Waals surface area contributed by atoms with Crippen molar-refractivity contribution >= 4 is 0 Å². The highest BCUT2D eigenvalue weighted by Gasteiger charge is 1.69. The Morgan fingerprint density at radius 3 is 2.20 bits per heavy atom. The molecular formula is C4H10O. The summed E-state index contributed by atoms with van der Waals surface area (Å²) in [7, 11) is 0. The van der Waals surface area contributed by atoms with Gasteiger partial charge in [-0.05, 0) is 6.42 Å². The van der Waals surface area contributed by atoms with Crippen LogP contribution in [0.15, 0.2) is 0 Å². The molecule has 0 heterocycles. The van der Waals surface area contributed by atoms with E-state index >= 15 is 0 Å². The van der Waals surface area contributed by atoms with E-state index in [2.05, 4.69) is 6.92 Å². The van der Waals surface area contributed by atoms with Crippen LogP contribution in [0.25, 0.3) is 0 Å². The number of hydrogen-bond acceptors (Lipinski definition) is 1. The predicted molar refractivity (Wildman–Crippen MR) is 22.0 cm³/mol. The van der Waals surface area contributed by atoms with Gasteiger partial charge in [0.15, 0.2) is 0 Å². The first-order chi connectivity index (χ1) is 2.41. The van der Waals surface area contributed by atoms with Crippen molar-refractivity contribution in [1.82, 2.24) is 0 Å². The molecule has 5 heavy (non-hydrogen) atoms. The number of rotatable bonds is 2. The maximum atomic E-state index is 8.07. The molecular weight excluding hydrogens is 64.0 g/mol. The third kappa shape index (κ3) is 3.96. The van der Waals surface area contributed by atoms with Gasteiger partial charge in [0.05, 0.1) is 0 Å². The number of aliphatic hydroxyl groups is 1. The van der Waals surface area contributed by atoms with Crippen molar-refractivity contribution in [2.45, 2.75) is 19.8 Å². The van der Waals surface area contributed by atoms with E-state index in [4.69, 9.17) is 5.11 Å². The lowest BCUT2D eigenvalue weighted by atomic mass is 10.4. The Balaban J connectivity index is 2.19. The van der Waals surface area contributed by atoms with E-state index in [9.17, 15) is 0 Å². The first-order valence-corrected chi connectivity index (χ1v) is 2.02. The molecule has 1 heteroatoms. The SMILES string of the molecule is C[12CH2]CCO. The molecule has 0 spiro atoms. The molecule has 0 fully saturated rings. The van der Waals surface area contributed by atoms with Crippen LogP contribution in [0.4, 0.5) is 0 Å². The Kier molecular flexibility index (Phi) is 3.93. The average Bonchev–Trinajstić information content (AvgIpc) is 1.41. The van der Waals surface area contributed by atoms with Crippen LogP contribution in [0, 0.1) is 0 Å². The molecule has 0 aliphatic carbocycles. The molecule has 0 aliphatic heterocycles. The fourth-order valence-corrected chi connectivity index (χ4v) is 0.158. The molecule has 0 saturated carbocycles. The Morgan fingerprint density at radius 2 is 2.20 bits per heavy atom. The topological polar surface area (TPSA) is 20.2 Å². The van der Waals surface area contributed by atoms with Gasteiger partial charge < -0.3 is 5.11 Å². The normalized spacial score (nSPS) is 8.40. The lowest BCUT2D eigenvalue weighted by Gasteiger charge is -1.79. The second-order valence-corrected chi connectivity index (χ2v) is 1.08. The van der Waals surface area contributed by atoms with Gasteiger partial charge in [0, 0.05) is 6.61 Å². The van der Waals surface area contributed by atoms with Gasteiger partial charge in [0.1, 0.15) is 0 Å². The Hall–Kier alpha value is -0.0400. The molecule has 0 radical (unpaired) electrons. The first-order valence-electron chi connectivity index (χ1n) is 2.02. The molecule has 0 aromatic carbocycles. The monoisotopic (exact) mass is 74.1 g/mol. The second kappa shape index (κ2) is 3.96. The van der Waals surface area contributed by atoms with Crippen LogP contribution in [0.2, 0.25) is 0 Å². The molecule has 0 rings (SSSR count). The zero-order valence-corrected chi connectivity index (χ0v) is 3.57. The van der Waals surface area contributed by atoms with Crippen molar-refractivity contribution in [2.75, 3.05) is 6.61 Å². The van der Waals surface area contributed by atoms with Crippen molar-refractivity contribution < 1.29 is 5.11 Å². The summed E-state index contributed by atoms with van der Waals surface area (Å²) >= 11 is 0. The summed E-state index contributed by atoms with van der Waals surface area (Å²) in [6.07, 6.45) is 2.04. The second-order valence-electron chi connectivity index (χ2n) is 1.08. The van der Waals surface area contributed by atoms with Gasteiger partial charge in [0.2, 0.25) is 0 Å². The number of hydrogen-bond donors (Lipinski definition) is 1. The van der Waals surface area contributed by atoms with E-state index < -0.39 is 0 Å². The van der Waals surface area contributed by atoms with Gasteiger partial charge in [0.25, 0.3) is 0 Å². The average molecular weight is 74.1 g/mol. The van der Waals surface area contributed by atoms with E-state index in [1.807, 2.05) is 0 Å². The molecule has 0 bridgehead atoms. The molecule has 0 aliphatic rings. The fraction of sp³-hybridized carbons (Fsp3) is 1.00. The number of unbranched alkanes of at least 4 members (excludes halogenated alkanes) is 1. The summed E-state index contributed by atoms with van der Waals surface area (Å²) in [5.41, 5.74) is 0. The van der Waals surface area contributed by atoms with Crippen molar-refractivity contribution in [3.63, 3.8) is 0 Å². The molecule has 0 atom stereocenters. The highest BCUT2D eigenvalue weighted by molar-refractivity contribution is 4.23. The maximum absolute atomic E-state index is 8.07. The van der Waals surface area contributed by atoms with E-state index in [0.29, 0.717) is 6.61 Å². The zero-order chi connectivity index (χ0) is 4.12. The van der Waals surface area contributed by atoms with E-state index in [-0.39, 0.29) is 0 Å². The highest BCUT2D eigenvalue weighted by atomic mass is 16.2. The smallest absolute Gasteiger partial charge is 0.0430 e. The lowest BCUT2D eigenvalue weighted by Crippen LogP contribution is -1.75. The summed E-state index contributed by atoms with van der Waals surface area (Å²) in [5.74, 6) is 0. The minimum Gasteiger partial charge on any atom is -0.396 e. The van der Waals surface area contributed by atoms with Gasteiger partial charge in [-0.1, -0.05) is 13.3 Å². The summed E-state index contributed by atoms with van der Waals surface area (Å²) in [6.45, 7) is 2.40. The zero-order valence-electron chi connectivity index (χ0n) is 3.57. The highest BCUT2D eigenvalue weighted by Crippen LogP contribution is 1.78. The van der Waals surface area contributed by atoms with Crippen molar-refractivity contribution in [3.05, 3.63) is 0 Å². The third-order valence-corrected chi connectivity index (χ3v) is 0.512. The van der Waals surface area contributed by atoms with Crippen molar-refractivity contribution in [3.8, 4) is 0 Å². The van der Waals surface area contributed by atoms with E-state index in [1.54, 1.807) is 0 Å². The third-order valence-electron chi connectivity index (χ3n) is 0.512. The first kappa shape index (κ1) is 4.96. The molecule has 1 nitrogen and oxygen atoms in total. The minimum atomic E-state index is 0.344. The standard InChI is InChI=1S/C4H10O/c1-2-3-4-5/h5H,2-4H2,1H3/i2+0. The predicted octanol–water partition coefficient (Wildman–Crippen LogP) is 0.779. The van der Waals surface area contributed by atoms with Crippen molar-refractivity contribution in [2.24, 2.45) is 0 Å². The van der Waals surface area contributed by atoms with Crippen LogP contribution in [0.1, 0.15) is 19.8 Å². The fourth-order valence-electron chi connectivity index (χ4n) is 0.158. The molecule has 0 aromatic heterocycles. The van der Waals surface area contributed by atoms with Crippen LogP contribution >= 0.6 is 0 Å². The largest absolute Gasteiger partial charge is 0.396 e. The summed E-state index contributed by atoms with van der Waals surface area (Å²) in [6, 6.07) is 0. The van der Waals surface area contributed by atoms with Crippen molar-refractivity contribution in [1.29, 1.82) is 0 Å². The van der Waals surface area contributed by atoms with Crippen LogP contribution in [-0.2, 0) is 0 Å². The Labute approximate surface area is 32.6 Å². The molecule has 0 aromatic rings. The summed E-state index contributed by atoms with van der Waals surface area (Å²) in [5, 5.41) is 8.07. The van der Waals surface area contributed by atoms with Crippen LogP contribution < -0.4 is 0 Å². The molecule has 0 amide bonds. The van der Waals surface area contributed by atoms with Crippen LogP contribution in [0.3, 0.4) is 0 Å². The molecule has 0 saturated heterocycles. The van der Waals surface area contributed by atoms with Gasteiger partial charge in [-0.15, -0.1) is 0 Å². The quantitative estimate of drug-likeness (QED) is 0.513. The minimum absolute atomic E-state index is 0.344. The lowest BCUT2D eigenvalue weighted by molar-refractivity contribution is 0.287. The molecule has 1 N–H and O–H groups in total. The van der Waals surface area contributed by atoms with E-state index in [1.165, 1.54) is 0 Å². The van der Waals surface area contributed by atoms with Crippen LogP contribution in [-0.4, -0.2) is 11.7 Å². The van der Waals surface area contributed by atoms with E-state index in [0.717, 1.165) is 12.8 Å². The summed E-state index contributed by atoms with van der Waals surface area (Å²) < 4.78 is 0. The van der Waals surface area contributed by atoms with Gasteiger partial charge in [-0.2, -0.15) is 0 Å². The summed E-state index contributed by atoms with van der Waals surface area (Å²) in [4.78, 5) is 0. The Bertz CT molecular complexity index is 11.1. The maximum Gasteiger partial charge on any atom is 0.0430 e. The van der Waals surface area contributed by atoms with Crippen LogP contribution in [0.5, 0.6) is 0 Å². The molecule has 32 valence electrons. The van der Waals surface area contributed by atoms with Gasteiger partial charge in [-0.25, -0.2) is 0 Å².